The molecule has 0 spiro atoms. The first kappa shape index (κ1) is 18.0. The minimum atomic E-state index is -0.303. The Morgan fingerprint density at radius 3 is 2.41 bits per heavy atom. The zero-order valence-electron chi connectivity index (χ0n) is 14.4. The summed E-state index contributed by atoms with van der Waals surface area (Å²) in [5.41, 5.74) is 1.42. The van der Waals surface area contributed by atoms with Gasteiger partial charge in [0.1, 0.15) is 11.5 Å². The van der Waals surface area contributed by atoms with Crippen molar-refractivity contribution in [2.75, 3.05) is 23.7 Å². The molecule has 0 radical (unpaired) electrons. The summed E-state index contributed by atoms with van der Waals surface area (Å²) >= 11 is 0. The lowest BCUT2D eigenvalue weighted by molar-refractivity contribution is 0.0954. The highest BCUT2D eigenvalue weighted by atomic mass is 16.2. The predicted molar refractivity (Wildman–Crippen MR) is 101 cm³/mol. The molecule has 8 nitrogen and oxygen atoms in total. The van der Waals surface area contributed by atoms with Crippen LogP contribution in [0.25, 0.3) is 0 Å². The molecule has 0 saturated heterocycles. The molecule has 0 saturated carbocycles. The zero-order valence-corrected chi connectivity index (χ0v) is 14.4. The van der Waals surface area contributed by atoms with Gasteiger partial charge in [0, 0.05) is 42.9 Å². The predicted octanol–water partition coefficient (Wildman–Crippen LogP) is 1.97. The maximum absolute atomic E-state index is 12.1. The molecule has 27 heavy (non-hydrogen) atoms. The summed E-state index contributed by atoms with van der Waals surface area (Å²) in [4.78, 5) is 36.2. The molecule has 3 aromatic rings. The van der Waals surface area contributed by atoms with Gasteiger partial charge in [-0.25, -0.2) is 4.98 Å². The lowest BCUT2D eigenvalue weighted by atomic mass is 10.2. The average molecular weight is 362 g/mol. The molecule has 8 heteroatoms. The Hall–Kier alpha value is -3.81. The minimum absolute atomic E-state index is 0.196. The van der Waals surface area contributed by atoms with E-state index >= 15 is 0 Å². The first-order valence-electron chi connectivity index (χ1n) is 8.33. The average Bonchev–Trinajstić information content (AvgIpc) is 2.73. The smallest absolute Gasteiger partial charge is 0.274 e. The fourth-order valence-electron chi connectivity index (χ4n) is 2.26. The fourth-order valence-corrected chi connectivity index (χ4v) is 2.26. The molecule has 136 valence electrons. The Labute approximate surface area is 156 Å². The van der Waals surface area contributed by atoms with Crippen molar-refractivity contribution in [1.29, 1.82) is 0 Å². The third-order valence-electron chi connectivity index (χ3n) is 3.58. The number of aromatic nitrogens is 3. The van der Waals surface area contributed by atoms with Crippen LogP contribution in [0.2, 0.25) is 0 Å². The van der Waals surface area contributed by atoms with Gasteiger partial charge in [-0.1, -0.05) is 6.07 Å². The van der Waals surface area contributed by atoms with Crippen LogP contribution in [0.3, 0.4) is 0 Å². The van der Waals surface area contributed by atoms with Crippen molar-refractivity contribution in [3.05, 3.63) is 78.5 Å². The molecule has 0 aliphatic carbocycles. The van der Waals surface area contributed by atoms with Crippen LogP contribution in [0, 0.1) is 0 Å². The topological polar surface area (TPSA) is 109 Å². The number of rotatable bonds is 7. The SMILES string of the molecule is O=C(NCCNc1cnccn1)c1ccc(NC(=O)c2ccccn2)cc1. The van der Waals surface area contributed by atoms with E-state index in [4.69, 9.17) is 0 Å². The van der Waals surface area contributed by atoms with E-state index in [2.05, 4.69) is 30.9 Å². The van der Waals surface area contributed by atoms with Crippen molar-refractivity contribution in [2.24, 2.45) is 0 Å². The van der Waals surface area contributed by atoms with E-state index in [1.807, 2.05) is 0 Å². The van der Waals surface area contributed by atoms with Crippen LogP contribution in [0.1, 0.15) is 20.8 Å². The summed E-state index contributed by atoms with van der Waals surface area (Å²) in [7, 11) is 0. The minimum Gasteiger partial charge on any atom is -0.367 e. The van der Waals surface area contributed by atoms with Gasteiger partial charge in [0.05, 0.1) is 6.20 Å². The van der Waals surface area contributed by atoms with E-state index in [1.54, 1.807) is 67.3 Å². The number of hydrogen-bond acceptors (Lipinski definition) is 6. The van der Waals surface area contributed by atoms with Gasteiger partial charge < -0.3 is 16.0 Å². The Balaban J connectivity index is 1.46. The Morgan fingerprint density at radius 2 is 1.70 bits per heavy atom. The van der Waals surface area contributed by atoms with Crippen LogP contribution < -0.4 is 16.0 Å². The third kappa shape index (κ3) is 5.33. The van der Waals surface area contributed by atoms with Crippen molar-refractivity contribution in [2.45, 2.75) is 0 Å². The number of anilines is 2. The number of nitrogens with one attached hydrogen (secondary N) is 3. The van der Waals surface area contributed by atoms with Crippen LogP contribution in [0.5, 0.6) is 0 Å². The van der Waals surface area contributed by atoms with E-state index in [0.717, 1.165) is 0 Å². The molecule has 0 aliphatic rings. The van der Waals surface area contributed by atoms with Gasteiger partial charge in [-0.05, 0) is 36.4 Å². The molecule has 1 aromatic carbocycles. The summed E-state index contributed by atoms with van der Waals surface area (Å²) in [6.07, 6.45) is 6.35. The summed E-state index contributed by atoms with van der Waals surface area (Å²) in [6, 6.07) is 11.8. The standard InChI is InChI=1S/C19H18N6O2/c26-18(24-12-11-23-17-13-20-9-10-22-17)14-4-6-15(7-5-14)25-19(27)16-3-1-2-8-21-16/h1-10,13H,11-12H2,(H,22,23)(H,24,26)(H,25,27). The van der Waals surface area contributed by atoms with Crippen LogP contribution >= 0.6 is 0 Å². The normalized spacial score (nSPS) is 10.1. The first-order valence-corrected chi connectivity index (χ1v) is 8.33. The van der Waals surface area contributed by atoms with Crippen molar-refractivity contribution in [1.82, 2.24) is 20.3 Å². The van der Waals surface area contributed by atoms with E-state index in [-0.39, 0.29) is 11.8 Å². The Kier molecular flexibility index (Phi) is 6.03. The molecule has 2 aromatic heterocycles. The maximum Gasteiger partial charge on any atom is 0.274 e. The molecule has 2 heterocycles. The van der Waals surface area contributed by atoms with E-state index in [9.17, 15) is 9.59 Å². The second kappa shape index (κ2) is 9.04. The lowest BCUT2D eigenvalue weighted by Crippen LogP contribution is -2.28. The Morgan fingerprint density at radius 1 is 0.852 bits per heavy atom. The molecule has 0 atom stereocenters. The highest BCUT2D eigenvalue weighted by molar-refractivity contribution is 6.03. The number of hydrogen-bond donors (Lipinski definition) is 3. The number of carbonyl (C=O) groups excluding carboxylic acids is 2. The maximum atomic E-state index is 12.1. The van der Waals surface area contributed by atoms with Gasteiger partial charge >= 0.3 is 0 Å². The first-order chi connectivity index (χ1) is 13.2. The second-order valence-corrected chi connectivity index (χ2v) is 5.52. The summed E-state index contributed by atoms with van der Waals surface area (Å²) in [5, 5.41) is 8.60. The van der Waals surface area contributed by atoms with Crippen LogP contribution in [0.4, 0.5) is 11.5 Å². The molecule has 2 amide bonds. The van der Waals surface area contributed by atoms with Gasteiger partial charge in [-0.2, -0.15) is 0 Å². The van der Waals surface area contributed by atoms with E-state index < -0.39 is 0 Å². The molecule has 3 N–H and O–H groups in total. The molecule has 0 bridgehead atoms. The second-order valence-electron chi connectivity index (χ2n) is 5.52. The molecule has 0 unspecified atom stereocenters. The number of carbonyl (C=O) groups is 2. The quantitative estimate of drug-likeness (QED) is 0.555. The summed E-state index contributed by atoms with van der Waals surface area (Å²) in [5.74, 6) is 0.154. The summed E-state index contributed by atoms with van der Waals surface area (Å²) in [6.45, 7) is 0.968. The van der Waals surface area contributed by atoms with E-state index in [1.165, 1.54) is 0 Å². The lowest BCUT2D eigenvalue weighted by Gasteiger charge is -2.08. The number of pyridine rings is 1. The monoisotopic (exact) mass is 362 g/mol. The molecule has 0 aliphatic heterocycles. The number of nitrogens with zero attached hydrogens (tertiary/aromatic N) is 3. The number of benzene rings is 1. The van der Waals surface area contributed by atoms with E-state index in [0.29, 0.717) is 35.9 Å². The van der Waals surface area contributed by atoms with Gasteiger partial charge in [0.25, 0.3) is 11.8 Å². The van der Waals surface area contributed by atoms with Gasteiger partial charge in [-0.15, -0.1) is 0 Å². The zero-order chi connectivity index (χ0) is 18.9. The molecule has 3 rings (SSSR count). The van der Waals surface area contributed by atoms with Gasteiger partial charge in [0.2, 0.25) is 0 Å². The van der Waals surface area contributed by atoms with Crippen LogP contribution in [-0.4, -0.2) is 39.9 Å². The molecular formula is C19H18N6O2. The highest BCUT2D eigenvalue weighted by Crippen LogP contribution is 2.11. The van der Waals surface area contributed by atoms with Crippen molar-refractivity contribution in [3.63, 3.8) is 0 Å². The number of amides is 2. The van der Waals surface area contributed by atoms with Crippen molar-refractivity contribution >= 4 is 23.3 Å². The fraction of sp³-hybridized carbons (Fsp3) is 0.105. The largest absolute Gasteiger partial charge is 0.367 e. The van der Waals surface area contributed by atoms with Crippen LogP contribution in [-0.2, 0) is 0 Å². The molecular weight excluding hydrogens is 344 g/mol. The summed E-state index contributed by atoms with van der Waals surface area (Å²) < 4.78 is 0. The van der Waals surface area contributed by atoms with Crippen molar-refractivity contribution < 1.29 is 9.59 Å². The Bertz CT molecular complexity index is 885. The molecule has 0 fully saturated rings. The van der Waals surface area contributed by atoms with Gasteiger partial charge in [-0.3, -0.25) is 19.6 Å². The third-order valence-corrected chi connectivity index (χ3v) is 3.58. The van der Waals surface area contributed by atoms with Crippen molar-refractivity contribution in [3.8, 4) is 0 Å². The van der Waals surface area contributed by atoms with Gasteiger partial charge in [0.15, 0.2) is 0 Å². The highest BCUT2D eigenvalue weighted by Gasteiger charge is 2.08. The van der Waals surface area contributed by atoms with Crippen LogP contribution in [0.15, 0.2) is 67.3 Å².